The first-order valence-corrected chi connectivity index (χ1v) is 9.76. The fourth-order valence-electron chi connectivity index (χ4n) is 4.39. The van der Waals surface area contributed by atoms with Crippen molar-refractivity contribution in [3.8, 4) is 5.75 Å². The lowest BCUT2D eigenvalue weighted by Gasteiger charge is -2.36. The van der Waals surface area contributed by atoms with Gasteiger partial charge < -0.3 is 9.64 Å². The van der Waals surface area contributed by atoms with E-state index in [2.05, 4.69) is 20.9 Å². The third-order valence-electron chi connectivity index (χ3n) is 5.71. The second-order valence-corrected chi connectivity index (χ2v) is 7.69. The Kier molecular flexibility index (Phi) is 5.39. The summed E-state index contributed by atoms with van der Waals surface area (Å²) in [5.74, 6) is 1.60. The molecule has 5 heteroatoms. The predicted molar refractivity (Wildman–Crippen MR) is 104 cm³/mol. The Morgan fingerprint density at radius 3 is 2.89 bits per heavy atom. The van der Waals surface area contributed by atoms with Crippen LogP contribution in [0, 0.1) is 5.92 Å². The summed E-state index contributed by atoms with van der Waals surface area (Å²) >= 11 is 0. The molecule has 142 valence electrons. The van der Waals surface area contributed by atoms with Crippen molar-refractivity contribution >= 4 is 5.91 Å². The molecule has 5 nitrogen and oxygen atoms in total. The van der Waals surface area contributed by atoms with Crippen LogP contribution >= 0.6 is 0 Å². The van der Waals surface area contributed by atoms with Crippen molar-refractivity contribution in [2.24, 2.45) is 5.92 Å². The number of carbonyl (C=O) groups excluding carboxylic acids is 1. The van der Waals surface area contributed by atoms with E-state index in [0.717, 1.165) is 49.6 Å². The molecule has 1 aromatic heterocycles. The van der Waals surface area contributed by atoms with Crippen molar-refractivity contribution < 1.29 is 9.53 Å². The summed E-state index contributed by atoms with van der Waals surface area (Å²) in [4.78, 5) is 22.1. The summed E-state index contributed by atoms with van der Waals surface area (Å²) in [6.45, 7) is 3.74. The van der Waals surface area contributed by atoms with E-state index < -0.39 is 0 Å². The van der Waals surface area contributed by atoms with Gasteiger partial charge in [0.1, 0.15) is 5.75 Å². The second-order valence-electron chi connectivity index (χ2n) is 7.69. The van der Waals surface area contributed by atoms with E-state index in [-0.39, 0.29) is 5.91 Å². The van der Waals surface area contributed by atoms with Crippen molar-refractivity contribution in [3.05, 3.63) is 59.9 Å². The number of ether oxygens (including phenoxy) is 1. The molecule has 2 bridgehead atoms. The van der Waals surface area contributed by atoms with Gasteiger partial charge in [-0.15, -0.1) is 0 Å². The van der Waals surface area contributed by atoms with E-state index in [4.69, 9.17) is 4.74 Å². The largest absolute Gasteiger partial charge is 0.497 e. The molecule has 5 rings (SSSR count). The van der Waals surface area contributed by atoms with Crippen molar-refractivity contribution in [2.45, 2.75) is 31.8 Å². The minimum atomic E-state index is 0.234. The van der Waals surface area contributed by atoms with Gasteiger partial charge in [-0.1, -0.05) is 18.2 Å². The number of hydrogen-bond acceptors (Lipinski definition) is 4. The molecule has 3 aliphatic rings. The Hall–Kier alpha value is -2.40. The summed E-state index contributed by atoms with van der Waals surface area (Å²) < 4.78 is 5.28. The molecule has 2 atom stereocenters. The number of rotatable bonds is 5. The molecular weight excluding hydrogens is 338 g/mol. The molecule has 4 heterocycles. The van der Waals surface area contributed by atoms with Gasteiger partial charge in [0.05, 0.1) is 19.2 Å². The highest BCUT2D eigenvalue weighted by Gasteiger charge is 2.37. The maximum absolute atomic E-state index is 13.0. The van der Waals surface area contributed by atoms with Gasteiger partial charge in [0.2, 0.25) is 5.91 Å². The van der Waals surface area contributed by atoms with Crippen LogP contribution in [-0.4, -0.2) is 53.5 Å². The molecule has 1 amide bonds. The van der Waals surface area contributed by atoms with Crippen molar-refractivity contribution in [3.63, 3.8) is 0 Å². The fraction of sp³-hybridized carbons (Fsp3) is 0.455. The Labute approximate surface area is 161 Å². The zero-order valence-corrected chi connectivity index (χ0v) is 15.9. The highest BCUT2D eigenvalue weighted by Crippen LogP contribution is 2.29. The van der Waals surface area contributed by atoms with Crippen LogP contribution in [0.2, 0.25) is 0 Å². The van der Waals surface area contributed by atoms with Crippen LogP contribution in [0.5, 0.6) is 5.75 Å². The number of fused-ring (bicyclic) bond motifs is 4. The Morgan fingerprint density at radius 2 is 2.07 bits per heavy atom. The van der Waals surface area contributed by atoms with Crippen LogP contribution in [0.3, 0.4) is 0 Å². The molecule has 0 radical (unpaired) electrons. The van der Waals surface area contributed by atoms with Crippen molar-refractivity contribution in [1.29, 1.82) is 0 Å². The summed E-state index contributed by atoms with van der Waals surface area (Å²) in [7, 11) is 1.66. The molecule has 1 aromatic carbocycles. The molecule has 0 unspecified atom stereocenters. The number of nitrogens with zero attached hydrogens (tertiary/aromatic N) is 3. The number of carbonyl (C=O) groups is 1. The van der Waals surface area contributed by atoms with E-state index in [1.165, 1.54) is 6.42 Å². The number of hydrogen-bond donors (Lipinski definition) is 0. The Bertz CT molecular complexity index is 780. The van der Waals surface area contributed by atoms with E-state index in [0.29, 0.717) is 18.4 Å². The molecule has 0 spiro atoms. The van der Waals surface area contributed by atoms with E-state index >= 15 is 0 Å². The van der Waals surface area contributed by atoms with E-state index in [1.807, 2.05) is 42.6 Å². The van der Waals surface area contributed by atoms with Crippen LogP contribution < -0.4 is 4.74 Å². The average molecular weight is 365 g/mol. The van der Waals surface area contributed by atoms with Gasteiger partial charge in [0.15, 0.2) is 0 Å². The highest BCUT2D eigenvalue weighted by molar-refractivity contribution is 5.79. The number of methoxy groups -OCH3 is 1. The zero-order chi connectivity index (χ0) is 18.6. The van der Waals surface area contributed by atoms with Crippen LogP contribution in [0.1, 0.15) is 24.1 Å². The fourth-order valence-corrected chi connectivity index (χ4v) is 4.39. The minimum absolute atomic E-state index is 0.234. The van der Waals surface area contributed by atoms with Gasteiger partial charge in [-0.3, -0.25) is 14.7 Å². The number of aromatic nitrogens is 1. The first kappa shape index (κ1) is 18.0. The lowest BCUT2D eigenvalue weighted by Crippen LogP contribution is -2.48. The summed E-state index contributed by atoms with van der Waals surface area (Å²) in [6.07, 6.45) is 4.62. The summed E-state index contributed by atoms with van der Waals surface area (Å²) in [6, 6.07) is 14.2. The molecule has 0 N–H and O–H groups in total. The molecule has 3 saturated heterocycles. The number of benzene rings is 1. The highest BCUT2D eigenvalue weighted by atomic mass is 16.5. The first-order valence-electron chi connectivity index (χ1n) is 9.76. The quantitative estimate of drug-likeness (QED) is 0.817. The smallest absolute Gasteiger partial charge is 0.227 e. The maximum Gasteiger partial charge on any atom is 0.227 e. The minimum Gasteiger partial charge on any atom is -0.497 e. The van der Waals surface area contributed by atoms with E-state index in [1.54, 1.807) is 7.11 Å². The molecule has 3 aliphatic heterocycles. The van der Waals surface area contributed by atoms with E-state index in [9.17, 15) is 4.79 Å². The van der Waals surface area contributed by atoms with Crippen LogP contribution in [0.4, 0.5) is 0 Å². The van der Waals surface area contributed by atoms with Gasteiger partial charge in [-0.05, 0) is 48.6 Å². The van der Waals surface area contributed by atoms with Gasteiger partial charge in [0, 0.05) is 38.4 Å². The van der Waals surface area contributed by atoms with Gasteiger partial charge in [-0.25, -0.2) is 0 Å². The van der Waals surface area contributed by atoms with Crippen LogP contribution in [0.15, 0.2) is 48.7 Å². The molecule has 0 saturated carbocycles. The van der Waals surface area contributed by atoms with Crippen LogP contribution in [0.25, 0.3) is 0 Å². The van der Waals surface area contributed by atoms with Gasteiger partial charge >= 0.3 is 0 Å². The predicted octanol–water partition coefficient (Wildman–Crippen LogP) is 2.76. The monoisotopic (exact) mass is 365 g/mol. The van der Waals surface area contributed by atoms with Crippen molar-refractivity contribution in [1.82, 2.24) is 14.8 Å². The molecule has 27 heavy (non-hydrogen) atoms. The number of amides is 1. The van der Waals surface area contributed by atoms with Crippen molar-refractivity contribution in [2.75, 3.05) is 26.7 Å². The topological polar surface area (TPSA) is 45.7 Å². The number of pyridine rings is 1. The summed E-state index contributed by atoms with van der Waals surface area (Å²) in [5.41, 5.74) is 2.12. The molecule has 3 fully saturated rings. The maximum atomic E-state index is 13.0. The molecular formula is C22H27N3O2. The van der Waals surface area contributed by atoms with Gasteiger partial charge in [0.25, 0.3) is 0 Å². The third kappa shape index (κ3) is 4.30. The van der Waals surface area contributed by atoms with Crippen LogP contribution in [-0.2, 0) is 17.8 Å². The lowest BCUT2D eigenvalue weighted by molar-refractivity contribution is -0.134. The first-order chi connectivity index (χ1) is 13.2. The average Bonchev–Trinajstić information content (AvgIpc) is 2.99. The van der Waals surface area contributed by atoms with Gasteiger partial charge in [-0.2, -0.15) is 0 Å². The second kappa shape index (κ2) is 8.09. The Balaban J connectivity index is 1.43. The zero-order valence-electron chi connectivity index (χ0n) is 15.9. The summed E-state index contributed by atoms with van der Waals surface area (Å²) in [5, 5.41) is 0. The Morgan fingerprint density at radius 1 is 1.15 bits per heavy atom. The lowest BCUT2D eigenvalue weighted by atomic mass is 9.94. The molecule has 2 aromatic rings. The standard InChI is InChI=1S/C22H27N3O2/c1-27-21-7-4-5-17(11-21)12-22(26)25-14-18-8-9-20(25)16-24(13-18)15-19-6-2-3-10-23-19/h2-7,10-11,18,20H,8-9,12-16H2,1H3/t18-,20+/m0/s1. The number of piperidine rings is 1. The third-order valence-corrected chi connectivity index (χ3v) is 5.71. The normalized spacial score (nSPS) is 22.5. The SMILES string of the molecule is COc1cccc(CC(=O)N2C[C@H]3CC[C@@H]2CN(Cc2ccccn2)C3)c1. The molecule has 0 aliphatic carbocycles.